The average Bonchev–Trinajstić information content (AvgIpc) is 3.91. The molecule has 0 aliphatic heterocycles. The molecule has 55 heavy (non-hydrogen) atoms. The van der Waals surface area contributed by atoms with Crippen LogP contribution < -0.4 is 0 Å². The highest BCUT2D eigenvalue weighted by atomic mass is 32.1. The second-order valence-electron chi connectivity index (χ2n) is 14.2. The van der Waals surface area contributed by atoms with Crippen molar-refractivity contribution >= 4 is 85.9 Å². The van der Waals surface area contributed by atoms with E-state index in [1.807, 2.05) is 35.6 Å². The van der Waals surface area contributed by atoms with Crippen LogP contribution in [-0.2, 0) is 0 Å². The molecule has 0 saturated carbocycles. The predicted molar refractivity (Wildman–Crippen MR) is 232 cm³/mol. The quantitative estimate of drug-likeness (QED) is 0.182. The van der Waals surface area contributed by atoms with Crippen LogP contribution in [0.1, 0.15) is 0 Å². The minimum absolute atomic E-state index is 0.702. The monoisotopic (exact) mass is 718 g/mol. The van der Waals surface area contributed by atoms with Crippen molar-refractivity contribution < 1.29 is 0 Å². The van der Waals surface area contributed by atoms with Gasteiger partial charge in [-0.2, -0.15) is 0 Å². The van der Waals surface area contributed by atoms with Crippen LogP contribution in [0.4, 0.5) is 0 Å². The molecule has 4 heterocycles. The molecule has 0 fully saturated rings. The van der Waals surface area contributed by atoms with Gasteiger partial charge in [-0.1, -0.05) is 127 Å². The molecule has 12 rings (SSSR count). The van der Waals surface area contributed by atoms with E-state index >= 15 is 0 Å². The summed E-state index contributed by atoms with van der Waals surface area (Å²) >= 11 is 1.88. The Hall–Kier alpha value is -7.08. The van der Waals surface area contributed by atoms with E-state index in [-0.39, 0.29) is 0 Å². The average molecular weight is 719 g/mol. The van der Waals surface area contributed by atoms with Crippen molar-refractivity contribution in [1.82, 2.24) is 19.1 Å². The number of rotatable bonds is 4. The van der Waals surface area contributed by atoms with E-state index < -0.39 is 0 Å². The fourth-order valence-electron chi connectivity index (χ4n) is 8.73. The molecular formula is C50H30N4S. The molecular weight excluding hydrogens is 689 g/mol. The molecule has 0 saturated heterocycles. The molecule has 0 bridgehead atoms. The first-order valence-corrected chi connectivity index (χ1v) is 19.4. The van der Waals surface area contributed by atoms with Crippen LogP contribution in [0.3, 0.4) is 0 Å². The zero-order valence-corrected chi connectivity index (χ0v) is 30.3. The highest BCUT2D eigenvalue weighted by Gasteiger charge is 2.23. The molecule has 4 aromatic heterocycles. The van der Waals surface area contributed by atoms with Gasteiger partial charge in [0.25, 0.3) is 0 Å². The Labute approximate surface area is 319 Å². The number of fused-ring (bicyclic) bond motifs is 12. The van der Waals surface area contributed by atoms with E-state index in [1.165, 1.54) is 63.5 Å². The normalized spacial score (nSPS) is 12.0. The van der Waals surface area contributed by atoms with Gasteiger partial charge in [0, 0.05) is 64.6 Å². The summed E-state index contributed by atoms with van der Waals surface area (Å²) in [5.41, 5.74) is 8.75. The highest BCUT2D eigenvalue weighted by molar-refractivity contribution is 7.26. The second kappa shape index (κ2) is 11.7. The smallest absolute Gasteiger partial charge is 0.162 e. The molecule has 0 aliphatic rings. The summed E-state index contributed by atoms with van der Waals surface area (Å²) < 4.78 is 7.35. The molecule has 0 atom stereocenters. The minimum Gasteiger partial charge on any atom is -0.309 e. The number of benzene rings is 8. The van der Waals surface area contributed by atoms with Gasteiger partial charge in [-0.05, 0) is 59.3 Å². The van der Waals surface area contributed by atoms with E-state index in [2.05, 4.69) is 167 Å². The minimum atomic E-state index is 0.702. The maximum absolute atomic E-state index is 5.30. The van der Waals surface area contributed by atoms with Crippen molar-refractivity contribution in [2.75, 3.05) is 0 Å². The summed E-state index contributed by atoms with van der Waals surface area (Å²) in [5.74, 6) is 1.55. The van der Waals surface area contributed by atoms with E-state index in [0.717, 1.165) is 39.4 Å². The molecule has 12 aromatic rings. The number of hydrogen-bond donors (Lipinski definition) is 0. The molecule has 0 amide bonds. The van der Waals surface area contributed by atoms with Crippen LogP contribution in [-0.4, -0.2) is 19.1 Å². The summed E-state index contributed by atoms with van der Waals surface area (Å²) in [6.07, 6.45) is 0. The van der Waals surface area contributed by atoms with Crippen molar-refractivity contribution in [2.24, 2.45) is 0 Å². The lowest BCUT2D eigenvalue weighted by atomic mass is 10.0. The number of nitrogens with zero attached hydrogens (tertiary/aromatic N) is 4. The molecule has 0 radical (unpaired) electrons. The van der Waals surface area contributed by atoms with Crippen molar-refractivity contribution in [3.05, 3.63) is 182 Å². The predicted octanol–water partition coefficient (Wildman–Crippen LogP) is 13.5. The molecule has 0 unspecified atom stereocenters. The third-order valence-electron chi connectivity index (χ3n) is 11.1. The lowest BCUT2D eigenvalue weighted by Crippen LogP contribution is -2.02. The van der Waals surface area contributed by atoms with Gasteiger partial charge < -0.3 is 4.57 Å². The fourth-order valence-corrected chi connectivity index (χ4v) is 9.85. The first kappa shape index (κ1) is 30.4. The van der Waals surface area contributed by atoms with E-state index in [9.17, 15) is 0 Å². The van der Waals surface area contributed by atoms with Crippen LogP contribution in [0, 0.1) is 0 Å². The van der Waals surface area contributed by atoms with Crippen molar-refractivity contribution in [3.8, 4) is 34.2 Å². The SMILES string of the molecule is c1ccc(-c2cc(-n3c4ccccc4c4c5c(ccc43)sc3ccc4c(c6ccccc6n4-c4ccc6ccccc6c4)c35)nc(-c3ccccc3)n2)cc1. The lowest BCUT2D eigenvalue weighted by Gasteiger charge is -2.12. The maximum Gasteiger partial charge on any atom is 0.162 e. The summed E-state index contributed by atoms with van der Waals surface area (Å²) in [7, 11) is 0. The summed E-state index contributed by atoms with van der Waals surface area (Å²) in [4.78, 5) is 10.4. The summed E-state index contributed by atoms with van der Waals surface area (Å²) in [6, 6.07) is 65.2. The maximum atomic E-state index is 5.30. The van der Waals surface area contributed by atoms with Gasteiger partial charge in [0.2, 0.25) is 0 Å². The number of aromatic nitrogens is 4. The van der Waals surface area contributed by atoms with Crippen LogP contribution in [0.2, 0.25) is 0 Å². The Kier molecular flexibility index (Phi) is 6.47. The van der Waals surface area contributed by atoms with E-state index in [1.54, 1.807) is 0 Å². The molecule has 5 heteroatoms. The molecule has 256 valence electrons. The molecule has 0 spiro atoms. The standard InChI is InChI=1S/C50H30N4S/c1-3-14-32(15-4-1)38-30-45(52-50(51-38)33-16-5-2-6-17-33)54-40-22-12-10-20-37(40)47-42(54)26-28-44-49(47)48-43(55-44)27-25-41-46(48)36-19-9-11-21-39(36)53(41)35-24-23-31-13-7-8-18-34(31)29-35/h1-30H. The van der Waals surface area contributed by atoms with Crippen molar-refractivity contribution in [3.63, 3.8) is 0 Å². The van der Waals surface area contributed by atoms with E-state index in [0.29, 0.717) is 5.82 Å². The van der Waals surface area contributed by atoms with Crippen LogP contribution in [0.5, 0.6) is 0 Å². The molecule has 0 N–H and O–H groups in total. The van der Waals surface area contributed by atoms with Gasteiger partial charge in [0.15, 0.2) is 5.82 Å². The third-order valence-corrected chi connectivity index (χ3v) is 12.2. The van der Waals surface area contributed by atoms with Gasteiger partial charge in [0.05, 0.1) is 27.8 Å². The Morgan fingerprint density at radius 3 is 1.64 bits per heavy atom. The number of hydrogen-bond acceptors (Lipinski definition) is 3. The van der Waals surface area contributed by atoms with Gasteiger partial charge in [0.1, 0.15) is 5.82 Å². The van der Waals surface area contributed by atoms with Gasteiger partial charge >= 0.3 is 0 Å². The zero-order chi connectivity index (χ0) is 36.0. The largest absolute Gasteiger partial charge is 0.309 e. The Balaban J connectivity index is 1.20. The second-order valence-corrected chi connectivity index (χ2v) is 15.3. The van der Waals surface area contributed by atoms with Crippen LogP contribution in [0.25, 0.3) is 109 Å². The number of thiophene rings is 1. The highest BCUT2D eigenvalue weighted by Crippen LogP contribution is 2.48. The Morgan fingerprint density at radius 1 is 0.382 bits per heavy atom. The summed E-state index contributed by atoms with van der Waals surface area (Å²) in [5, 5.41) is 10.1. The van der Waals surface area contributed by atoms with Crippen LogP contribution in [0.15, 0.2) is 182 Å². The number of para-hydroxylation sites is 2. The topological polar surface area (TPSA) is 35.6 Å². The lowest BCUT2D eigenvalue weighted by molar-refractivity contribution is 1.05. The third kappa shape index (κ3) is 4.51. The molecule has 0 aliphatic carbocycles. The van der Waals surface area contributed by atoms with Crippen LogP contribution >= 0.6 is 11.3 Å². The fraction of sp³-hybridized carbons (Fsp3) is 0. The van der Waals surface area contributed by atoms with E-state index in [4.69, 9.17) is 9.97 Å². The molecule has 8 aromatic carbocycles. The Bertz CT molecular complexity index is 3430. The van der Waals surface area contributed by atoms with Gasteiger partial charge in [-0.25, -0.2) is 9.97 Å². The van der Waals surface area contributed by atoms with Crippen molar-refractivity contribution in [2.45, 2.75) is 0 Å². The summed E-state index contributed by atoms with van der Waals surface area (Å²) in [6.45, 7) is 0. The Morgan fingerprint density at radius 2 is 0.945 bits per heavy atom. The van der Waals surface area contributed by atoms with Crippen molar-refractivity contribution in [1.29, 1.82) is 0 Å². The van der Waals surface area contributed by atoms with Gasteiger partial charge in [-0.15, -0.1) is 11.3 Å². The first-order valence-electron chi connectivity index (χ1n) is 18.6. The first-order chi connectivity index (χ1) is 27.3. The van der Waals surface area contributed by atoms with Gasteiger partial charge in [-0.3, -0.25) is 4.57 Å². The zero-order valence-electron chi connectivity index (χ0n) is 29.5. The molecule has 4 nitrogen and oxygen atoms in total.